The van der Waals surface area contributed by atoms with Crippen molar-refractivity contribution in [3.05, 3.63) is 22.4 Å². The molecule has 0 radical (unpaired) electrons. The monoisotopic (exact) mass is 464 g/mol. The van der Waals surface area contributed by atoms with Crippen LogP contribution in [0.3, 0.4) is 0 Å². The average molecular weight is 464 g/mol. The Balaban J connectivity index is 0.00000288. The van der Waals surface area contributed by atoms with E-state index < -0.39 is 0 Å². The first kappa shape index (κ1) is 21.2. The summed E-state index contributed by atoms with van der Waals surface area (Å²) in [6.07, 6.45) is 7.30. The zero-order chi connectivity index (χ0) is 16.3. The van der Waals surface area contributed by atoms with Crippen LogP contribution in [0.5, 0.6) is 0 Å². The van der Waals surface area contributed by atoms with Gasteiger partial charge in [-0.15, -0.1) is 35.3 Å². The zero-order valence-corrected chi connectivity index (χ0v) is 17.5. The Morgan fingerprint density at radius 1 is 1.29 bits per heavy atom. The number of nitrogens with zero attached hydrogens (tertiary/aromatic N) is 1. The predicted octanol–water partition coefficient (Wildman–Crippen LogP) is 3.37. The number of carbonyl (C=O) groups excluding carboxylic acids is 1. The maximum atomic E-state index is 11.8. The topological polar surface area (TPSA) is 65.5 Å². The van der Waals surface area contributed by atoms with Crippen LogP contribution in [0, 0.1) is 0 Å². The fraction of sp³-hybridized carbons (Fsp3) is 0.647. The van der Waals surface area contributed by atoms with E-state index in [1.807, 2.05) is 17.5 Å². The maximum Gasteiger partial charge on any atom is 0.261 e. The lowest BCUT2D eigenvalue weighted by atomic mass is 9.96. The minimum atomic E-state index is 0. The molecule has 5 nitrogen and oxygen atoms in total. The third-order valence-electron chi connectivity index (χ3n) is 3.93. The van der Waals surface area contributed by atoms with E-state index in [0.29, 0.717) is 19.1 Å². The molecule has 0 aliphatic heterocycles. The number of halogens is 1. The molecule has 1 heterocycles. The molecule has 1 aromatic heterocycles. The molecule has 3 N–H and O–H groups in total. The molecular weight excluding hydrogens is 435 g/mol. The van der Waals surface area contributed by atoms with Crippen LogP contribution in [-0.4, -0.2) is 37.5 Å². The highest BCUT2D eigenvalue weighted by molar-refractivity contribution is 14.0. The van der Waals surface area contributed by atoms with Crippen LogP contribution >= 0.6 is 35.3 Å². The van der Waals surface area contributed by atoms with E-state index in [9.17, 15) is 4.79 Å². The van der Waals surface area contributed by atoms with Crippen molar-refractivity contribution in [1.29, 1.82) is 0 Å². The van der Waals surface area contributed by atoms with Gasteiger partial charge in [-0.2, -0.15) is 0 Å². The number of rotatable bonds is 7. The lowest BCUT2D eigenvalue weighted by Gasteiger charge is -2.24. The molecular formula is C17H29IN4OS. The van der Waals surface area contributed by atoms with Crippen molar-refractivity contribution < 1.29 is 4.79 Å². The van der Waals surface area contributed by atoms with Gasteiger partial charge in [0.15, 0.2) is 5.96 Å². The molecule has 1 fully saturated rings. The van der Waals surface area contributed by atoms with E-state index in [-0.39, 0.29) is 29.9 Å². The van der Waals surface area contributed by atoms with Gasteiger partial charge < -0.3 is 16.0 Å². The quantitative estimate of drug-likeness (QED) is 0.251. The van der Waals surface area contributed by atoms with Crippen LogP contribution in [0.4, 0.5) is 0 Å². The molecule has 0 spiro atoms. The highest BCUT2D eigenvalue weighted by atomic mass is 127. The lowest BCUT2D eigenvalue weighted by molar-refractivity contribution is 0.0957. The molecule has 24 heavy (non-hydrogen) atoms. The zero-order valence-electron chi connectivity index (χ0n) is 14.3. The van der Waals surface area contributed by atoms with Crippen LogP contribution in [0.1, 0.15) is 55.1 Å². The SMILES string of the molecule is CCNC(=NCCCNC(=O)c1cccs1)NC1CCCCC1.I. The first-order valence-corrected chi connectivity index (χ1v) is 9.54. The Hall–Kier alpha value is -0.830. The van der Waals surface area contributed by atoms with Crippen molar-refractivity contribution in [1.82, 2.24) is 16.0 Å². The molecule has 0 saturated heterocycles. The molecule has 7 heteroatoms. The highest BCUT2D eigenvalue weighted by Crippen LogP contribution is 2.17. The second-order valence-electron chi connectivity index (χ2n) is 5.83. The molecule has 1 amide bonds. The first-order valence-electron chi connectivity index (χ1n) is 8.66. The molecule has 0 aromatic carbocycles. The Labute approximate surface area is 166 Å². The number of aliphatic imine (C=N–C) groups is 1. The second-order valence-corrected chi connectivity index (χ2v) is 6.77. The van der Waals surface area contributed by atoms with Crippen molar-refractivity contribution in [2.45, 2.75) is 51.5 Å². The standard InChI is InChI=1S/C17H28N4OS.HI/c1-2-18-17(21-14-8-4-3-5-9-14)20-12-7-11-19-16(22)15-10-6-13-23-15;/h6,10,13-14H,2-5,7-9,11-12H2,1H3,(H,19,22)(H2,18,20,21);1H. The van der Waals surface area contributed by atoms with Gasteiger partial charge in [-0.3, -0.25) is 9.79 Å². The van der Waals surface area contributed by atoms with Gasteiger partial charge in [0.2, 0.25) is 0 Å². The fourth-order valence-electron chi connectivity index (χ4n) is 2.73. The van der Waals surface area contributed by atoms with Crippen molar-refractivity contribution in [3.63, 3.8) is 0 Å². The lowest BCUT2D eigenvalue weighted by Crippen LogP contribution is -2.44. The summed E-state index contributed by atoms with van der Waals surface area (Å²) in [5.74, 6) is 0.917. The van der Waals surface area contributed by atoms with Gasteiger partial charge in [0, 0.05) is 25.7 Å². The van der Waals surface area contributed by atoms with Crippen LogP contribution in [-0.2, 0) is 0 Å². The van der Waals surface area contributed by atoms with Crippen LogP contribution in [0.25, 0.3) is 0 Å². The predicted molar refractivity (Wildman–Crippen MR) is 113 cm³/mol. The van der Waals surface area contributed by atoms with Gasteiger partial charge in [-0.05, 0) is 37.6 Å². The van der Waals surface area contributed by atoms with Crippen molar-refractivity contribution in [2.24, 2.45) is 4.99 Å². The normalized spacial score (nSPS) is 15.5. The Morgan fingerprint density at radius 2 is 2.08 bits per heavy atom. The van der Waals surface area contributed by atoms with Gasteiger partial charge in [-0.1, -0.05) is 25.3 Å². The molecule has 0 atom stereocenters. The number of thiophene rings is 1. The van der Waals surface area contributed by atoms with E-state index in [0.717, 1.165) is 23.8 Å². The van der Waals surface area contributed by atoms with Crippen LogP contribution < -0.4 is 16.0 Å². The van der Waals surface area contributed by atoms with Crippen molar-refractivity contribution >= 4 is 47.2 Å². The van der Waals surface area contributed by atoms with E-state index in [4.69, 9.17) is 0 Å². The smallest absolute Gasteiger partial charge is 0.261 e. The number of hydrogen-bond acceptors (Lipinski definition) is 3. The molecule has 136 valence electrons. The van der Waals surface area contributed by atoms with Gasteiger partial charge in [0.1, 0.15) is 0 Å². The van der Waals surface area contributed by atoms with E-state index in [1.54, 1.807) is 0 Å². The molecule has 1 aliphatic carbocycles. The summed E-state index contributed by atoms with van der Waals surface area (Å²) in [4.78, 5) is 17.2. The fourth-order valence-corrected chi connectivity index (χ4v) is 3.37. The van der Waals surface area contributed by atoms with Gasteiger partial charge in [-0.25, -0.2) is 0 Å². The summed E-state index contributed by atoms with van der Waals surface area (Å²) in [7, 11) is 0. The molecule has 0 bridgehead atoms. The second kappa shape index (κ2) is 12.5. The Kier molecular flexibility index (Phi) is 11.1. The largest absolute Gasteiger partial charge is 0.357 e. The Bertz CT molecular complexity index is 487. The maximum absolute atomic E-state index is 11.8. The minimum absolute atomic E-state index is 0. The van der Waals surface area contributed by atoms with Crippen molar-refractivity contribution in [2.75, 3.05) is 19.6 Å². The van der Waals surface area contributed by atoms with Crippen LogP contribution in [0.15, 0.2) is 22.5 Å². The first-order chi connectivity index (χ1) is 11.3. The number of guanidine groups is 1. The van der Waals surface area contributed by atoms with E-state index in [2.05, 4.69) is 27.9 Å². The van der Waals surface area contributed by atoms with Crippen molar-refractivity contribution in [3.8, 4) is 0 Å². The summed E-state index contributed by atoms with van der Waals surface area (Å²) in [6, 6.07) is 4.29. The van der Waals surface area contributed by atoms with E-state index >= 15 is 0 Å². The minimum Gasteiger partial charge on any atom is -0.357 e. The summed E-state index contributed by atoms with van der Waals surface area (Å²) < 4.78 is 0. The molecule has 1 aliphatic rings. The summed E-state index contributed by atoms with van der Waals surface area (Å²) in [5.41, 5.74) is 0. The Morgan fingerprint density at radius 3 is 2.75 bits per heavy atom. The summed E-state index contributed by atoms with van der Waals surface area (Å²) >= 11 is 1.47. The molecule has 0 unspecified atom stereocenters. The molecule has 2 rings (SSSR count). The third-order valence-corrected chi connectivity index (χ3v) is 4.79. The van der Waals surface area contributed by atoms with Gasteiger partial charge >= 0.3 is 0 Å². The highest BCUT2D eigenvalue weighted by Gasteiger charge is 2.14. The van der Waals surface area contributed by atoms with E-state index in [1.165, 1.54) is 43.4 Å². The third kappa shape index (κ3) is 7.83. The van der Waals surface area contributed by atoms with Crippen LogP contribution in [0.2, 0.25) is 0 Å². The van der Waals surface area contributed by atoms with Gasteiger partial charge in [0.05, 0.1) is 4.88 Å². The number of hydrogen-bond donors (Lipinski definition) is 3. The van der Waals surface area contributed by atoms with Gasteiger partial charge in [0.25, 0.3) is 5.91 Å². The number of amides is 1. The number of nitrogens with one attached hydrogen (secondary N) is 3. The average Bonchev–Trinajstić information content (AvgIpc) is 3.10. The number of carbonyl (C=O) groups is 1. The molecule has 1 saturated carbocycles. The summed E-state index contributed by atoms with van der Waals surface area (Å²) in [6.45, 7) is 4.32. The molecule has 1 aromatic rings. The summed E-state index contributed by atoms with van der Waals surface area (Å²) in [5, 5.41) is 11.7.